The smallest absolute Gasteiger partial charge is 0.349 e. The average Bonchev–Trinajstić information content (AvgIpc) is 3.10. The summed E-state index contributed by atoms with van der Waals surface area (Å²) in [7, 11) is 0. The molecular weight excluding hydrogens is 271 g/mol. The molecule has 0 N–H and O–H groups in total. The zero-order valence-corrected chi connectivity index (χ0v) is 10.5. The number of hydrogen-bond donors (Lipinski definition) is 0. The van der Waals surface area contributed by atoms with E-state index in [1.165, 1.54) is 0 Å². The van der Waals surface area contributed by atoms with Crippen LogP contribution in [0.3, 0.4) is 0 Å². The van der Waals surface area contributed by atoms with E-state index in [4.69, 9.17) is 0 Å². The van der Waals surface area contributed by atoms with Gasteiger partial charge in [-0.1, -0.05) is 0 Å². The largest absolute Gasteiger partial charge is 0.453 e. The first-order valence-electron chi connectivity index (χ1n) is 6.62. The Kier molecular flexibility index (Phi) is 2.28. The van der Waals surface area contributed by atoms with E-state index < -0.39 is 12.0 Å². The molecule has 4 rings (SSSR count). The van der Waals surface area contributed by atoms with Gasteiger partial charge in [0.15, 0.2) is 5.65 Å². The Hall–Kier alpha value is -1.86. The van der Waals surface area contributed by atoms with Crippen LogP contribution in [0.2, 0.25) is 0 Å². The summed E-state index contributed by atoms with van der Waals surface area (Å²) in [4.78, 5) is 2.15. The summed E-state index contributed by atoms with van der Waals surface area (Å²) in [5.41, 5.74) is 0.118. The van der Waals surface area contributed by atoms with Crippen LogP contribution in [0.5, 0.6) is 0 Å². The molecule has 0 radical (unpaired) electrons. The number of alkyl halides is 3. The SMILES string of the molecule is FC(F)(F)c1nnc2ccc(N3C4CCC3CC4)nn12. The van der Waals surface area contributed by atoms with Crippen LogP contribution in [0.15, 0.2) is 12.1 Å². The summed E-state index contributed by atoms with van der Waals surface area (Å²) < 4.78 is 39.3. The Morgan fingerprint density at radius 3 is 2.25 bits per heavy atom. The Morgan fingerprint density at radius 2 is 1.65 bits per heavy atom. The minimum absolute atomic E-state index is 0.118. The molecule has 4 heterocycles. The number of aromatic nitrogens is 4. The zero-order chi connectivity index (χ0) is 13.9. The van der Waals surface area contributed by atoms with Gasteiger partial charge in [0.05, 0.1) is 0 Å². The van der Waals surface area contributed by atoms with Crippen LogP contribution in [-0.4, -0.2) is 31.9 Å². The van der Waals surface area contributed by atoms with Crippen molar-refractivity contribution in [1.29, 1.82) is 0 Å². The van der Waals surface area contributed by atoms with Crippen molar-refractivity contribution < 1.29 is 13.2 Å². The van der Waals surface area contributed by atoms with Crippen molar-refractivity contribution in [3.63, 3.8) is 0 Å². The minimum atomic E-state index is -4.55. The van der Waals surface area contributed by atoms with Crippen molar-refractivity contribution in [3.8, 4) is 0 Å². The highest BCUT2D eigenvalue weighted by molar-refractivity contribution is 5.49. The molecule has 5 nitrogen and oxygen atoms in total. The predicted molar refractivity (Wildman–Crippen MR) is 64.3 cm³/mol. The maximum Gasteiger partial charge on any atom is 0.453 e. The predicted octanol–water partition coefficient (Wildman–Crippen LogP) is 2.27. The fourth-order valence-corrected chi connectivity index (χ4v) is 3.38. The van der Waals surface area contributed by atoms with E-state index in [1.54, 1.807) is 12.1 Å². The molecule has 2 bridgehead atoms. The van der Waals surface area contributed by atoms with Crippen LogP contribution in [0.1, 0.15) is 31.5 Å². The summed E-state index contributed by atoms with van der Waals surface area (Å²) in [6.45, 7) is 0. The number of anilines is 1. The standard InChI is InChI=1S/C12H12F3N5/c13-12(14,15)11-17-16-9-5-6-10(18-20(9)11)19-7-1-2-8(19)4-3-7/h5-8H,1-4H2. The lowest BCUT2D eigenvalue weighted by molar-refractivity contribution is -0.146. The Balaban J connectivity index is 1.82. The van der Waals surface area contributed by atoms with Crippen LogP contribution in [0, 0.1) is 0 Å². The van der Waals surface area contributed by atoms with E-state index in [9.17, 15) is 13.2 Å². The second-order valence-corrected chi connectivity index (χ2v) is 5.35. The Morgan fingerprint density at radius 1 is 1.00 bits per heavy atom. The third-order valence-electron chi connectivity index (χ3n) is 4.22. The first-order chi connectivity index (χ1) is 9.54. The molecule has 8 heteroatoms. The number of fused-ring (bicyclic) bond motifs is 3. The first kappa shape index (κ1) is 11.9. The molecule has 2 aliphatic heterocycles. The van der Waals surface area contributed by atoms with Crippen molar-refractivity contribution in [2.45, 2.75) is 43.9 Å². The van der Waals surface area contributed by atoms with Crippen LogP contribution in [0.25, 0.3) is 5.65 Å². The summed E-state index contributed by atoms with van der Waals surface area (Å²) >= 11 is 0. The van der Waals surface area contributed by atoms with E-state index in [0.717, 1.165) is 30.2 Å². The third kappa shape index (κ3) is 1.60. The highest BCUT2D eigenvalue weighted by Gasteiger charge is 2.41. The first-order valence-corrected chi connectivity index (χ1v) is 6.62. The highest BCUT2D eigenvalue weighted by atomic mass is 19.4. The van der Waals surface area contributed by atoms with Gasteiger partial charge in [-0.15, -0.1) is 15.3 Å². The molecular formula is C12H12F3N5. The van der Waals surface area contributed by atoms with Gasteiger partial charge in [-0.3, -0.25) is 0 Å². The monoisotopic (exact) mass is 283 g/mol. The molecule has 0 aromatic carbocycles. The lowest BCUT2D eigenvalue weighted by Gasteiger charge is -2.22. The topological polar surface area (TPSA) is 46.3 Å². The van der Waals surface area contributed by atoms with Crippen molar-refractivity contribution in [2.75, 3.05) is 4.90 Å². The molecule has 2 aromatic rings. The molecule has 2 saturated heterocycles. The van der Waals surface area contributed by atoms with Gasteiger partial charge in [0.25, 0.3) is 5.82 Å². The molecule has 2 aliphatic rings. The minimum Gasteiger partial charge on any atom is -0.349 e. The van der Waals surface area contributed by atoms with E-state index in [1.807, 2.05) is 0 Å². The van der Waals surface area contributed by atoms with E-state index in [2.05, 4.69) is 20.2 Å². The molecule has 0 amide bonds. The van der Waals surface area contributed by atoms with Crippen LogP contribution >= 0.6 is 0 Å². The van der Waals surface area contributed by atoms with Gasteiger partial charge in [-0.05, 0) is 37.8 Å². The van der Waals surface area contributed by atoms with Gasteiger partial charge in [-0.25, -0.2) is 0 Å². The quantitative estimate of drug-likeness (QED) is 0.805. The summed E-state index contributed by atoms with van der Waals surface area (Å²) in [6, 6.07) is 4.11. The summed E-state index contributed by atoms with van der Waals surface area (Å²) in [5, 5.41) is 10.8. The van der Waals surface area contributed by atoms with Gasteiger partial charge in [0, 0.05) is 12.1 Å². The van der Waals surface area contributed by atoms with Crippen LogP contribution in [-0.2, 0) is 6.18 Å². The number of hydrogen-bond acceptors (Lipinski definition) is 4. The zero-order valence-electron chi connectivity index (χ0n) is 10.5. The number of rotatable bonds is 1. The summed E-state index contributed by atoms with van der Waals surface area (Å²) in [5.74, 6) is -0.478. The summed E-state index contributed by atoms with van der Waals surface area (Å²) in [6.07, 6.45) is -0.163. The lowest BCUT2D eigenvalue weighted by Crippen LogP contribution is -2.29. The van der Waals surface area contributed by atoms with Crippen molar-refractivity contribution in [2.24, 2.45) is 0 Å². The van der Waals surface area contributed by atoms with E-state index >= 15 is 0 Å². The van der Waals surface area contributed by atoms with Gasteiger partial charge in [0.2, 0.25) is 0 Å². The number of halogens is 3. The van der Waals surface area contributed by atoms with E-state index in [0.29, 0.717) is 17.9 Å². The molecule has 2 fully saturated rings. The van der Waals surface area contributed by atoms with Crippen molar-refractivity contribution in [3.05, 3.63) is 18.0 Å². The average molecular weight is 283 g/mol. The molecule has 2 aromatic heterocycles. The molecule has 0 saturated carbocycles. The fourth-order valence-electron chi connectivity index (χ4n) is 3.38. The van der Waals surface area contributed by atoms with Gasteiger partial charge in [0.1, 0.15) is 5.82 Å². The Bertz CT molecular complexity index is 645. The van der Waals surface area contributed by atoms with Crippen molar-refractivity contribution in [1.82, 2.24) is 19.8 Å². The van der Waals surface area contributed by atoms with Crippen molar-refractivity contribution >= 4 is 11.5 Å². The second-order valence-electron chi connectivity index (χ2n) is 5.35. The highest BCUT2D eigenvalue weighted by Crippen LogP contribution is 2.40. The van der Waals surface area contributed by atoms with Gasteiger partial charge in [-0.2, -0.15) is 17.7 Å². The number of nitrogens with zero attached hydrogens (tertiary/aromatic N) is 5. The Labute approximate surface area is 112 Å². The second kappa shape index (κ2) is 3.83. The molecule has 0 spiro atoms. The molecule has 106 valence electrons. The van der Waals surface area contributed by atoms with Gasteiger partial charge >= 0.3 is 6.18 Å². The molecule has 20 heavy (non-hydrogen) atoms. The maximum absolute atomic E-state index is 12.8. The maximum atomic E-state index is 12.8. The molecule has 0 unspecified atom stereocenters. The normalized spacial score (nSPS) is 25.9. The lowest BCUT2D eigenvalue weighted by atomic mass is 10.0. The fraction of sp³-hybridized carbons (Fsp3) is 0.583. The van der Waals surface area contributed by atoms with Crippen LogP contribution < -0.4 is 4.90 Å². The third-order valence-corrected chi connectivity index (χ3v) is 4.22. The van der Waals surface area contributed by atoms with Gasteiger partial charge < -0.3 is 4.90 Å². The van der Waals surface area contributed by atoms with Crippen LogP contribution in [0.4, 0.5) is 19.0 Å². The molecule has 0 aliphatic carbocycles. The molecule has 0 atom stereocenters. The van der Waals surface area contributed by atoms with E-state index in [-0.39, 0.29) is 5.65 Å².